The summed E-state index contributed by atoms with van der Waals surface area (Å²) in [4.78, 5) is 12.0. The van der Waals surface area contributed by atoms with Gasteiger partial charge in [-0.1, -0.05) is 0 Å². The van der Waals surface area contributed by atoms with Gasteiger partial charge in [-0.2, -0.15) is 0 Å². The average Bonchev–Trinajstić information content (AvgIpc) is 2.87. The highest BCUT2D eigenvalue weighted by Crippen LogP contribution is 2.30. The zero-order valence-electron chi connectivity index (χ0n) is 12.2. The summed E-state index contributed by atoms with van der Waals surface area (Å²) in [5.41, 5.74) is 0.898. The largest absolute Gasteiger partial charge is 0.497 e. The van der Waals surface area contributed by atoms with E-state index in [1.165, 1.54) is 26.4 Å². The van der Waals surface area contributed by atoms with E-state index in [4.69, 9.17) is 4.74 Å². The van der Waals surface area contributed by atoms with Crippen molar-refractivity contribution in [3.8, 4) is 5.75 Å². The lowest BCUT2D eigenvalue weighted by Gasteiger charge is -2.10. The molecule has 0 bridgehead atoms. The molecule has 8 heteroatoms. The molecule has 0 saturated carbocycles. The number of methoxy groups -OCH3 is 2. The van der Waals surface area contributed by atoms with Crippen LogP contribution in [0.15, 0.2) is 34.5 Å². The lowest BCUT2D eigenvalue weighted by molar-refractivity contribution is 0.0607. The molecule has 0 amide bonds. The summed E-state index contributed by atoms with van der Waals surface area (Å²) in [5, 5.41) is 1.69. The number of ether oxygens (including phenoxy) is 2. The first kappa shape index (κ1) is 16.3. The highest BCUT2D eigenvalue weighted by atomic mass is 32.2. The van der Waals surface area contributed by atoms with E-state index in [0.29, 0.717) is 11.3 Å². The van der Waals surface area contributed by atoms with Crippen LogP contribution in [-0.2, 0) is 14.8 Å². The van der Waals surface area contributed by atoms with Crippen LogP contribution in [-0.4, -0.2) is 28.6 Å². The molecular formula is C14H15NO5S2. The Kier molecular flexibility index (Phi) is 4.72. The van der Waals surface area contributed by atoms with Crippen molar-refractivity contribution in [2.24, 2.45) is 0 Å². The molecule has 1 aromatic heterocycles. The highest BCUT2D eigenvalue weighted by molar-refractivity contribution is 7.92. The maximum absolute atomic E-state index is 12.4. The number of carbonyl (C=O) groups is 1. The fourth-order valence-corrected chi connectivity index (χ4v) is 3.89. The molecule has 2 aromatic rings. The molecule has 0 spiro atoms. The molecule has 0 radical (unpaired) electrons. The Balaban J connectivity index is 2.36. The Morgan fingerprint density at radius 2 is 1.82 bits per heavy atom. The van der Waals surface area contributed by atoms with Crippen molar-refractivity contribution in [1.29, 1.82) is 0 Å². The van der Waals surface area contributed by atoms with Crippen LogP contribution < -0.4 is 9.46 Å². The number of esters is 1. The van der Waals surface area contributed by atoms with E-state index in [2.05, 4.69) is 9.46 Å². The number of hydrogen-bond acceptors (Lipinski definition) is 6. The average molecular weight is 341 g/mol. The van der Waals surface area contributed by atoms with E-state index in [1.807, 2.05) is 0 Å². The molecule has 0 unspecified atom stereocenters. The third kappa shape index (κ3) is 3.23. The molecule has 118 valence electrons. The first-order valence-corrected chi connectivity index (χ1v) is 8.58. The summed E-state index contributed by atoms with van der Waals surface area (Å²) in [6.45, 7) is 1.72. The Morgan fingerprint density at radius 3 is 2.36 bits per heavy atom. The van der Waals surface area contributed by atoms with E-state index in [-0.39, 0.29) is 15.5 Å². The standard InChI is InChI=1S/C14H15NO5S2/c1-9-8-21-13(14(16)20-3)12(9)15-22(17,18)11-6-4-10(19-2)5-7-11/h4-8,15H,1-3H3. The normalized spacial score (nSPS) is 11.0. The maximum Gasteiger partial charge on any atom is 0.350 e. The van der Waals surface area contributed by atoms with Crippen LogP contribution in [0.4, 0.5) is 5.69 Å². The molecule has 0 fully saturated rings. The van der Waals surface area contributed by atoms with Crippen molar-refractivity contribution in [2.75, 3.05) is 18.9 Å². The van der Waals surface area contributed by atoms with E-state index >= 15 is 0 Å². The molecular weight excluding hydrogens is 326 g/mol. The Labute approximate surface area is 132 Å². The molecule has 0 aliphatic carbocycles. The predicted molar refractivity (Wildman–Crippen MR) is 84.2 cm³/mol. The zero-order valence-corrected chi connectivity index (χ0v) is 13.9. The third-order valence-electron chi connectivity index (χ3n) is 2.95. The minimum Gasteiger partial charge on any atom is -0.497 e. The predicted octanol–water partition coefficient (Wildman–Crippen LogP) is 2.65. The lowest BCUT2D eigenvalue weighted by atomic mass is 10.3. The van der Waals surface area contributed by atoms with Crippen LogP contribution in [0.1, 0.15) is 15.2 Å². The molecule has 6 nitrogen and oxygen atoms in total. The van der Waals surface area contributed by atoms with Gasteiger partial charge < -0.3 is 9.47 Å². The second kappa shape index (κ2) is 6.37. The van der Waals surface area contributed by atoms with Crippen LogP contribution in [0.5, 0.6) is 5.75 Å². The SMILES string of the molecule is COC(=O)c1scc(C)c1NS(=O)(=O)c1ccc(OC)cc1. The Bertz CT molecular complexity index is 778. The van der Waals surface area contributed by atoms with Gasteiger partial charge in [-0.25, -0.2) is 13.2 Å². The van der Waals surface area contributed by atoms with Gasteiger partial charge in [0.25, 0.3) is 10.0 Å². The second-order valence-electron chi connectivity index (χ2n) is 4.40. The Morgan fingerprint density at radius 1 is 1.18 bits per heavy atom. The summed E-state index contributed by atoms with van der Waals surface area (Å²) in [7, 11) is -1.05. The minimum atomic E-state index is -3.80. The third-order valence-corrected chi connectivity index (χ3v) is 5.40. The van der Waals surface area contributed by atoms with Gasteiger partial charge in [0, 0.05) is 0 Å². The number of anilines is 1. The van der Waals surface area contributed by atoms with Crippen molar-refractivity contribution in [1.82, 2.24) is 0 Å². The number of thiophene rings is 1. The van der Waals surface area contributed by atoms with Gasteiger partial charge in [0.1, 0.15) is 10.6 Å². The molecule has 22 heavy (non-hydrogen) atoms. The van der Waals surface area contributed by atoms with Crippen molar-refractivity contribution >= 4 is 33.0 Å². The van der Waals surface area contributed by atoms with Gasteiger partial charge in [-0.05, 0) is 42.1 Å². The second-order valence-corrected chi connectivity index (χ2v) is 6.96. The van der Waals surface area contributed by atoms with Crippen molar-refractivity contribution < 1.29 is 22.7 Å². The fourth-order valence-electron chi connectivity index (χ4n) is 1.76. The van der Waals surface area contributed by atoms with Crippen LogP contribution in [0, 0.1) is 6.92 Å². The zero-order chi connectivity index (χ0) is 16.3. The molecule has 1 heterocycles. The van der Waals surface area contributed by atoms with Crippen LogP contribution >= 0.6 is 11.3 Å². The smallest absolute Gasteiger partial charge is 0.350 e. The lowest BCUT2D eigenvalue weighted by Crippen LogP contribution is -2.15. The number of benzene rings is 1. The van der Waals surface area contributed by atoms with Crippen molar-refractivity contribution in [3.05, 3.63) is 40.1 Å². The first-order valence-electron chi connectivity index (χ1n) is 6.22. The van der Waals surface area contributed by atoms with Gasteiger partial charge in [0.05, 0.1) is 24.8 Å². The number of hydrogen-bond donors (Lipinski definition) is 1. The molecule has 0 aliphatic heterocycles. The Hall–Kier alpha value is -2.06. The number of aryl methyl sites for hydroxylation is 1. The highest BCUT2D eigenvalue weighted by Gasteiger charge is 2.22. The van der Waals surface area contributed by atoms with E-state index in [1.54, 1.807) is 24.4 Å². The van der Waals surface area contributed by atoms with Gasteiger partial charge >= 0.3 is 5.97 Å². The topological polar surface area (TPSA) is 81.7 Å². The molecule has 0 saturated heterocycles. The van der Waals surface area contributed by atoms with Gasteiger partial charge in [0.2, 0.25) is 0 Å². The van der Waals surface area contributed by atoms with E-state index in [0.717, 1.165) is 11.3 Å². The fraction of sp³-hybridized carbons (Fsp3) is 0.214. The van der Waals surface area contributed by atoms with E-state index < -0.39 is 16.0 Å². The van der Waals surface area contributed by atoms with Gasteiger partial charge in [-0.15, -0.1) is 11.3 Å². The number of sulfonamides is 1. The molecule has 2 rings (SSSR count). The number of nitrogens with one attached hydrogen (secondary N) is 1. The van der Waals surface area contributed by atoms with Gasteiger partial charge in [-0.3, -0.25) is 4.72 Å². The monoisotopic (exact) mass is 341 g/mol. The molecule has 0 atom stereocenters. The van der Waals surface area contributed by atoms with E-state index in [9.17, 15) is 13.2 Å². The summed E-state index contributed by atoms with van der Waals surface area (Å²) < 4.78 is 36.9. The first-order chi connectivity index (χ1) is 10.4. The molecule has 1 aromatic carbocycles. The molecule has 1 N–H and O–H groups in total. The number of carbonyl (C=O) groups excluding carboxylic acids is 1. The molecule has 0 aliphatic rings. The summed E-state index contributed by atoms with van der Waals surface area (Å²) in [5.74, 6) is -0.0218. The van der Waals surface area contributed by atoms with Crippen molar-refractivity contribution in [3.63, 3.8) is 0 Å². The maximum atomic E-state index is 12.4. The summed E-state index contributed by atoms with van der Waals surface area (Å²) >= 11 is 1.13. The summed E-state index contributed by atoms with van der Waals surface area (Å²) in [6, 6.07) is 5.97. The van der Waals surface area contributed by atoms with Crippen LogP contribution in [0.25, 0.3) is 0 Å². The minimum absolute atomic E-state index is 0.0784. The number of rotatable bonds is 5. The quantitative estimate of drug-likeness (QED) is 0.846. The summed E-state index contributed by atoms with van der Waals surface area (Å²) in [6.07, 6.45) is 0. The van der Waals surface area contributed by atoms with Crippen LogP contribution in [0.3, 0.4) is 0 Å². The van der Waals surface area contributed by atoms with Crippen molar-refractivity contribution in [2.45, 2.75) is 11.8 Å². The van der Waals surface area contributed by atoms with Gasteiger partial charge in [0.15, 0.2) is 0 Å². The van der Waals surface area contributed by atoms with Crippen LogP contribution in [0.2, 0.25) is 0 Å².